The molecule has 0 aromatic heterocycles. The van der Waals surface area contributed by atoms with E-state index < -0.39 is 10.0 Å². The molecule has 0 unspecified atom stereocenters. The summed E-state index contributed by atoms with van der Waals surface area (Å²) in [5.74, 6) is 0.960. The maximum atomic E-state index is 12.6. The first-order chi connectivity index (χ1) is 14.4. The highest BCUT2D eigenvalue weighted by atomic mass is 32.2. The zero-order chi connectivity index (χ0) is 21.6. The van der Waals surface area contributed by atoms with Crippen molar-refractivity contribution in [2.45, 2.75) is 31.6 Å². The van der Waals surface area contributed by atoms with Gasteiger partial charge in [-0.25, -0.2) is 12.7 Å². The third-order valence-electron chi connectivity index (χ3n) is 5.17. The SMILES string of the molecule is COc1ccc(CNC(=O)c2ccc(CS(=O)(=O)N3CCCCC3)cc2)cc1OC. The Morgan fingerprint density at radius 1 is 0.933 bits per heavy atom. The van der Waals surface area contributed by atoms with Gasteiger partial charge in [0, 0.05) is 25.2 Å². The van der Waals surface area contributed by atoms with Crippen LogP contribution in [0.3, 0.4) is 0 Å². The normalized spacial score (nSPS) is 14.9. The molecule has 0 atom stereocenters. The highest BCUT2D eigenvalue weighted by molar-refractivity contribution is 7.88. The third-order valence-corrected chi connectivity index (χ3v) is 7.02. The second kappa shape index (κ2) is 9.95. The smallest absolute Gasteiger partial charge is 0.251 e. The van der Waals surface area contributed by atoms with Gasteiger partial charge in [-0.05, 0) is 48.2 Å². The summed E-state index contributed by atoms with van der Waals surface area (Å²) in [6.45, 7) is 1.53. The number of benzene rings is 2. The number of carbonyl (C=O) groups excluding carboxylic acids is 1. The number of carbonyl (C=O) groups is 1. The molecule has 2 aromatic carbocycles. The molecule has 1 heterocycles. The summed E-state index contributed by atoms with van der Waals surface area (Å²) < 4.78 is 37.2. The summed E-state index contributed by atoms with van der Waals surface area (Å²) in [5.41, 5.74) is 2.04. The molecule has 0 bridgehead atoms. The number of ether oxygens (including phenoxy) is 2. The van der Waals surface area contributed by atoms with E-state index >= 15 is 0 Å². The number of amides is 1. The molecule has 1 N–H and O–H groups in total. The summed E-state index contributed by atoms with van der Waals surface area (Å²) in [4.78, 5) is 12.4. The number of hydrogen-bond acceptors (Lipinski definition) is 5. The van der Waals surface area contributed by atoms with Gasteiger partial charge in [-0.2, -0.15) is 0 Å². The minimum Gasteiger partial charge on any atom is -0.493 e. The standard InChI is InChI=1S/C22H28N2O5S/c1-28-20-11-8-18(14-21(20)29-2)15-23-22(25)19-9-6-17(7-10-19)16-30(26,27)24-12-4-3-5-13-24/h6-11,14H,3-5,12-13,15-16H2,1-2H3,(H,23,25). The molecule has 1 saturated heterocycles. The summed E-state index contributed by atoms with van der Waals surface area (Å²) >= 11 is 0. The van der Waals surface area contributed by atoms with Crippen LogP contribution in [-0.2, 0) is 22.3 Å². The van der Waals surface area contributed by atoms with E-state index in [1.54, 1.807) is 48.9 Å². The predicted molar refractivity (Wildman–Crippen MR) is 115 cm³/mol. The van der Waals surface area contributed by atoms with Crippen molar-refractivity contribution in [3.63, 3.8) is 0 Å². The Balaban J connectivity index is 1.58. The summed E-state index contributed by atoms with van der Waals surface area (Å²) in [6, 6.07) is 12.2. The van der Waals surface area contributed by atoms with Crippen LogP contribution in [0.5, 0.6) is 11.5 Å². The van der Waals surface area contributed by atoms with Crippen molar-refractivity contribution in [1.29, 1.82) is 0 Å². The summed E-state index contributed by atoms with van der Waals surface area (Å²) in [7, 11) is -0.185. The lowest BCUT2D eigenvalue weighted by atomic mass is 10.1. The lowest BCUT2D eigenvalue weighted by Gasteiger charge is -2.25. The summed E-state index contributed by atoms with van der Waals surface area (Å²) in [5, 5.41) is 2.86. The number of nitrogens with zero attached hydrogens (tertiary/aromatic N) is 1. The predicted octanol–water partition coefficient (Wildman–Crippen LogP) is 2.95. The van der Waals surface area contributed by atoms with Crippen LogP contribution >= 0.6 is 0 Å². The van der Waals surface area contributed by atoms with E-state index in [9.17, 15) is 13.2 Å². The van der Waals surface area contributed by atoms with Gasteiger partial charge in [0.25, 0.3) is 5.91 Å². The van der Waals surface area contributed by atoms with E-state index in [-0.39, 0.29) is 11.7 Å². The van der Waals surface area contributed by atoms with Gasteiger partial charge in [0.05, 0.1) is 20.0 Å². The van der Waals surface area contributed by atoms with E-state index in [2.05, 4.69) is 5.32 Å². The first-order valence-electron chi connectivity index (χ1n) is 9.99. The topological polar surface area (TPSA) is 84.9 Å². The minimum atomic E-state index is -3.32. The monoisotopic (exact) mass is 432 g/mol. The van der Waals surface area contributed by atoms with E-state index in [4.69, 9.17) is 9.47 Å². The number of rotatable bonds is 8. The molecule has 3 rings (SSSR count). The quantitative estimate of drug-likeness (QED) is 0.693. The summed E-state index contributed by atoms with van der Waals surface area (Å²) in [6.07, 6.45) is 2.91. The Morgan fingerprint density at radius 2 is 1.57 bits per heavy atom. The fraction of sp³-hybridized carbons (Fsp3) is 0.409. The maximum Gasteiger partial charge on any atom is 0.251 e. The van der Waals surface area contributed by atoms with E-state index in [1.807, 2.05) is 12.1 Å². The molecule has 30 heavy (non-hydrogen) atoms. The van der Waals surface area contributed by atoms with Gasteiger partial charge < -0.3 is 14.8 Å². The molecule has 0 radical (unpaired) electrons. The minimum absolute atomic E-state index is 0.0411. The average Bonchev–Trinajstić information content (AvgIpc) is 2.78. The van der Waals surface area contributed by atoms with Crippen LogP contribution in [0.15, 0.2) is 42.5 Å². The molecular weight excluding hydrogens is 404 g/mol. The van der Waals surface area contributed by atoms with Crippen LogP contribution < -0.4 is 14.8 Å². The number of sulfonamides is 1. The molecule has 0 saturated carbocycles. The molecule has 1 amide bonds. The number of methoxy groups -OCH3 is 2. The van der Waals surface area contributed by atoms with Crippen LogP contribution in [0.4, 0.5) is 0 Å². The second-order valence-electron chi connectivity index (χ2n) is 7.28. The van der Waals surface area contributed by atoms with Gasteiger partial charge in [-0.15, -0.1) is 0 Å². The maximum absolute atomic E-state index is 12.6. The van der Waals surface area contributed by atoms with Crippen LogP contribution in [-0.4, -0.2) is 45.9 Å². The van der Waals surface area contributed by atoms with Gasteiger partial charge in [0.1, 0.15) is 0 Å². The van der Waals surface area contributed by atoms with Gasteiger partial charge in [-0.3, -0.25) is 4.79 Å². The van der Waals surface area contributed by atoms with E-state index in [1.165, 1.54) is 0 Å². The van der Waals surface area contributed by atoms with Gasteiger partial charge in [0.15, 0.2) is 11.5 Å². The molecule has 1 aliphatic heterocycles. The molecule has 162 valence electrons. The van der Waals surface area contributed by atoms with Gasteiger partial charge >= 0.3 is 0 Å². The highest BCUT2D eigenvalue weighted by Gasteiger charge is 2.24. The van der Waals surface area contributed by atoms with Crippen LogP contribution in [0, 0.1) is 0 Å². The van der Waals surface area contributed by atoms with Crippen molar-refractivity contribution in [1.82, 2.24) is 9.62 Å². The molecule has 2 aromatic rings. The largest absolute Gasteiger partial charge is 0.493 e. The molecule has 1 fully saturated rings. The Morgan fingerprint density at radius 3 is 2.20 bits per heavy atom. The van der Waals surface area contributed by atoms with Crippen LogP contribution in [0.1, 0.15) is 40.7 Å². The number of piperidine rings is 1. The average molecular weight is 433 g/mol. The first kappa shape index (κ1) is 22.1. The number of hydrogen-bond donors (Lipinski definition) is 1. The van der Waals surface area contributed by atoms with Crippen molar-refractivity contribution in [2.75, 3.05) is 27.3 Å². The Bertz CT molecular complexity index is 968. The molecular formula is C22H28N2O5S. The van der Waals surface area contributed by atoms with Crippen molar-refractivity contribution in [3.05, 3.63) is 59.2 Å². The third kappa shape index (κ3) is 5.52. The molecule has 8 heteroatoms. The fourth-order valence-corrected chi connectivity index (χ4v) is 5.08. The highest BCUT2D eigenvalue weighted by Crippen LogP contribution is 2.27. The molecule has 0 spiro atoms. The number of nitrogens with one attached hydrogen (secondary N) is 1. The van der Waals surface area contributed by atoms with Gasteiger partial charge in [-0.1, -0.05) is 24.6 Å². The van der Waals surface area contributed by atoms with Crippen molar-refractivity contribution in [2.24, 2.45) is 0 Å². The van der Waals surface area contributed by atoms with E-state index in [0.29, 0.717) is 42.3 Å². The first-order valence-corrected chi connectivity index (χ1v) is 11.6. The lowest BCUT2D eigenvalue weighted by Crippen LogP contribution is -2.36. The van der Waals surface area contributed by atoms with Crippen LogP contribution in [0.2, 0.25) is 0 Å². The Labute approximate surface area is 178 Å². The molecule has 1 aliphatic rings. The van der Waals surface area contributed by atoms with Crippen molar-refractivity contribution < 1.29 is 22.7 Å². The lowest BCUT2D eigenvalue weighted by molar-refractivity contribution is 0.0951. The van der Waals surface area contributed by atoms with Crippen molar-refractivity contribution >= 4 is 15.9 Å². The zero-order valence-electron chi connectivity index (χ0n) is 17.4. The van der Waals surface area contributed by atoms with Crippen LogP contribution in [0.25, 0.3) is 0 Å². The van der Waals surface area contributed by atoms with Crippen molar-refractivity contribution in [3.8, 4) is 11.5 Å². The second-order valence-corrected chi connectivity index (χ2v) is 9.25. The Hall–Kier alpha value is -2.58. The van der Waals surface area contributed by atoms with E-state index in [0.717, 1.165) is 24.8 Å². The molecule has 0 aliphatic carbocycles. The Kier molecular flexibility index (Phi) is 7.33. The fourth-order valence-electron chi connectivity index (χ4n) is 3.47. The molecule has 7 nitrogen and oxygen atoms in total. The zero-order valence-corrected chi connectivity index (χ0v) is 18.2. The van der Waals surface area contributed by atoms with Gasteiger partial charge in [0.2, 0.25) is 10.0 Å².